The Hall–Kier alpha value is -3.98. The van der Waals surface area contributed by atoms with Crippen molar-refractivity contribution in [2.24, 2.45) is 0 Å². The fourth-order valence-electron chi connectivity index (χ4n) is 3.28. The Morgan fingerprint density at radius 2 is 1.77 bits per heavy atom. The zero-order valence-corrected chi connectivity index (χ0v) is 20.0. The number of hydrogen-bond donors (Lipinski definition) is 1. The van der Waals surface area contributed by atoms with Crippen LogP contribution in [0.25, 0.3) is 5.69 Å². The van der Waals surface area contributed by atoms with Gasteiger partial charge >= 0.3 is 0 Å². The van der Waals surface area contributed by atoms with Crippen molar-refractivity contribution in [1.29, 1.82) is 0 Å². The van der Waals surface area contributed by atoms with E-state index in [2.05, 4.69) is 15.5 Å². The number of ether oxygens (including phenoxy) is 1. The van der Waals surface area contributed by atoms with E-state index in [1.54, 1.807) is 54.0 Å². The number of carbonyl (C=O) groups is 2. The van der Waals surface area contributed by atoms with Crippen LogP contribution in [0.2, 0.25) is 0 Å². The summed E-state index contributed by atoms with van der Waals surface area (Å²) in [7, 11) is 0. The summed E-state index contributed by atoms with van der Waals surface area (Å²) >= 11 is 1.23. The lowest BCUT2D eigenvalue weighted by atomic mass is 10.1. The molecule has 4 rings (SSSR count). The molecule has 178 valence electrons. The number of hydrogen-bond acceptors (Lipinski definition) is 6. The summed E-state index contributed by atoms with van der Waals surface area (Å²) in [5.74, 6) is -0.215. The second kappa shape index (κ2) is 11.0. The standard InChI is InChI=1S/C26H23FN4O3S/c1-17(32)19-9-8-10-20(15-19)28-25(33)18(2)35-26-30-29-24(31(26)21-11-4-3-5-12-21)16-34-23-14-7-6-13-22(23)27/h3-15,18H,16H2,1-2H3,(H,28,33). The van der Waals surface area contributed by atoms with Crippen LogP contribution in [0.5, 0.6) is 5.75 Å². The number of nitrogens with zero attached hydrogens (tertiary/aromatic N) is 3. The number of Topliss-reactive ketones (excluding diaryl/α,β-unsaturated/α-hetero) is 1. The molecule has 0 fully saturated rings. The lowest BCUT2D eigenvalue weighted by molar-refractivity contribution is -0.115. The second-order valence-corrected chi connectivity index (χ2v) is 8.98. The van der Waals surface area contributed by atoms with Gasteiger partial charge in [0.2, 0.25) is 5.91 Å². The van der Waals surface area contributed by atoms with Crippen molar-refractivity contribution in [3.8, 4) is 11.4 Å². The molecule has 3 aromatic carbocycles. The topological polar surface area (TPSA) is 86.1 Å². The molecule has 9 heteroatoms. The molecule has 0 saturated heterocycles. The van der Waals surface area contributed by atoms with Crippen LogP contribution in [0.15, 0.2) is 84.0 Å². The zero-order valence-electron chi connectivity index (χ0n) is 19.1. The minimum Gasteiger partial charge on any atom is -0.483 e. The fourth-order valence-corrected chi connectivity index (χ4v) is 4.17. The van der Waals surface area contributed by atoms with Gasteiger partial charge in [0, 0.05) is 16.9 Å². The van der Waals surface area contributed by atoms with Crippen LogP contribution in [0.1, 0.15) is 30.0 Å². The molecule has 35 heavy (non-hydrogen) atoms. The SMILES string of the molecule is CC(=O)c1cccc(NC(=O)C(C)Sc2nnc(COc3ccccc3F)n2-c2ccccc2)c1. The molecular formula is C26H23FN4O3S. The monoisotopic (exact) mass is 490 g/mol. The highest BCUT2D eigenvalue weighted by Gasteiger charge is 2.22. The van der Waals surface area contributed by atoms with Gasteiger partial charge in [-0.25, -0.2) is 4.39 Å². The van der Waals surface area contributed by atoms with E-state index >= 15 is 0 Å². The number of aromatic nitrogens is 3. The Balaban J connectivity index is 1.53. The van der Waals surface area contributed by atoms with E-state index in [0.717, 1.165) is 5.69 Å². The van der Waals surface area contributed by atoms with Crippen molar-refractivity contribution >= 4 is 29.1 Å². The lowest BCUT2D eigenvalue weighted by Crippen LogP contribution is -2.23. The largest absolute Gasteiger partial charge is 0.483 e. The summed E-state index contributed by atoms with van der Waals surface area (Å²) in [6.45, 7) is 3.22. The van der Waals surface area contributed by atoms with Crippen molar-refractivity contribution in [2.45, 2.75) is 30.9 Å². The van der Waals surface area contributed by atoms with Gasteiger partial charge in [0.15, 0.2) is 28.3 Å². The van der Waals surface area contributed by atoms with Crippen LogP contribution in [0.3, 0.4) is 0 Å². The highest BCUT2D eigenvalue weighted by Crippen LogP contribution is 2.27. The highest BCUT2D eigenvalue weighted by molar-refractivity contribution is 8.00. The first-order chi connectivity index (χ1) is 16.9. The zero-order chi connectivity index (χ0) is 24.8. The summed E-state index contributed by atoms with van der Waals surface area (Å²) in [5, 5.41) is 11.3. The Bertz CT molecular complexity index is 1340. The van der Waals surface area contributed by atoms with Crippen LogP contribution < -0.4 is 10.1 Å². The predicted octanol–water partition coefficient (Wildman–Crippen LogP) is 5.31. The molecule has 0 radical (unpaired) electrons. The lowest BCUT2D eigenvalue weighted by Gasteiger charge is -2.14. The summed E-state index contributed by atoms with van der Waals surface area (Å²) in [5.41, 5.74) is 1.85. The number of halogens is 1. The molecule has 1 aromatic heterocycles. The Morgan fingerprint density at radius 3 is 2.51 bits per heavy atom. The van der Waals surface area contributed by atoms with Gasteiger partial charge in [-0.1, -0.05) is 54.2 Å². The van der Waals surface area contributed by atoms with E-state index in [0.29, 0.717) is 22.2 Å². The van der Waals surface area contributed by atoms with Crippen molar-refractivity contribution in [3.63, 3.8) is 0 Å². The summed E-state index contributed by atoms with van der Waals surface area (Å²) < 4.78 is 21.4. The number of ketones is 1. The average Bonchev–Trinajstić information content (AvgIpc) is 3.26. The van der Waals surface area contributed by atoms with Crippen LogP contribution >= 0.6 is 11.8 Å². The van der Waals surface area contributed by atoms with E-state index in [4.69, 9.17) is 4.74 Å². The van der Waals surface area contributed by atoms with Gasteiger partial charge in [-0.2, -0.15) is 0 Å². The third-order valence-electron chi connectivity index (χ3n) is 5.10. The fraction of sp³-hybridized carbons (Fsp3) is 0.154. The number of anilines is 1. The van der Waals surface area contributed by atoms with Crippen molar-refractivity contribution in [1.82, 2.24) is 14.8 Å². The maximum Gasteiger partial charge on any atom is 0.237 e. The number of nitrogens with one attached hydrogen (secondary N) is 1. The van der Waals surface area contributed by atoms with Gasteiger partial charge in [-0.15, -0.1) is 10.2 Å². The third-order valence-corrected chi connectivity index (χ3v) is 6.14. The second-order valence-electron chi connectivity index (χ2n) is 7.68. The molecule has 0 bridgehead atoms. The summed E-state index contributed by atoms with van der Waals surface area (Å²) in [6.07, 6.45) is 0. The Morgan fingerprint density at radius 1 is 1.03 bits per heavy atom. The molecule has 0 aliphatic carbocycles. The van der Waals surface area contributed by atoms with Gasteiger partial charge in [0.05, 0.1) is 5.25 Å². The van der Waals surface area contributed by atoms with E-state index in [1.807, 2.05) is 30.3 Å². The smallest absolute Gasteiger partial charge is 0.237 e. The molecule has 0 aliphatic heterocycles. The molecule has 0 saturated carbocycles. The normalized spacial score (nSPS) is 11.6. The molecule has 1 heterocycles. The molecular weight excluding hydrogens is 467 g/mol. The van der Waals surface area contributed by atoms with Crippen LogP contribution in [0.4, 0.5) is 10.1 Å². The molecule has 7 nitrogen and oxygen atoms in total. The molecule has 1 atom stereocenters. The number of thioether (sulfide) groups is 1. The molecule has 4 aromatic rings. The minimum absolute atomic E-state index is 0.0121. The van der Waals surface area contributed by atoms with Crippen molar-refractivity contribution in [3.05, 3.63) is 96.1 Å². The Kier molecular flexibility index (Phi) is 7.57. The van der Waals surface area contributed by atoms with Crippen molar-refractivity contribution < 1.29 is 18.7 Å². The summed E-state index contributed by atoms with van der Waals surface area (Å²) in [6, 6.07) is 22.4. The first kappa shape index (κ1) is 24.2. The van der Waals surface area contributed by atoms with Gasteiger partial charge in [-0.3, -0.25) is 14.2 Å². The van der Waals surface area contributed by atoms with E-state index < -0.39 is 11.1 Å². The van der Waals surface area contributed by atoms with Crippen LogP contribution in [-0.2, 0) is 11.4 Å². The van der Waals surface area contributed by atoms with Crippen molar-refractivity contribution in [2.75, 3.05) is 5.32 Å². The molecule has 0 aliphatic rings. The molecule has 1 unspecified atom stereocenters. The van der Waals surface area contributed by atoms with Gasteiger partial charge in [-0.05, 0) is 50.2 Å². The number of rotatable bonds is 9. The summed E-state index contributed by atoms with van der Waals surface area (Å²) in [4.78, 5) is 24.5. The van der Waals surface area contributed by atoms with Gasteiger partial charge in [0.25, 0.3) is 0 Å². The first-order valence-corrected chi connectivity index (χ1v) is 11.8. The molecule has 0 spiro atoms. The average molecular weight is 491 g/mol. The number of carbonyl (C=O) groups excluding carboxylic acids is 2. The molecule has 1 amide bonds. The van der Waals surface area contributed by atoms with Crippen LogP contribution in [-0.4, -0.2) is 31.7 Å². The number of para-hydroxylation sites is 2. The minimum atomic E-state index is -0.525. The Labute approximate surface area is 206 Å². The highest BCUT2D eigenvalue weighted by atomic mass is 32.2. The van der Waals surface area contributed by atoms with E-state index in [1.165, 1.54) is 24.8 Å². The maximum atomic E-state index is 14.0. The quantitative estimate of drug-likeness (QED) is 0.253. The first-order valence-electron chi connectivity index (χ1n) is 10.9. The predicted molar refractivity (Wildman–Crippen MR) is 132 cm³/mol. The van der Waals surface area contributed by atoms with Crippen LogP contribution in [0, 0.1) is 5.82 Å². The maximum absolute atomic E-state index is 14.0. The number of benzene rings is 3. The molecule has 1 N–H and O–H groups in total. The van der Waals surface area contributed by atoms with Gasteiger partial charge < -0.3 is 10.1 Å². The number of amides is 1. The van der Waals surface area contributed by atoms with E-state index in [-0.39, 0.29) is 24.0 Å². The van der Waals surface area contributed by atoms with Gasteiger partial charge in [0.1, 0.15) is 6.61 Å². The third kappa shape index (κ3) is 5.93. The van der Waals surface area contributed by atoms with E-state index in [9.17, 15) is 14.0 Å².